The number of rotatable bonds is 4. The molecule has 0 spiro atoms. The van der Waals surface area contributed by atoms with Gasteiger partial charge in [-0.05, 0) is 42.6 Å². The summed E-state index contributed by atoms with van der Waals surface area (Å²) < 4.78 is 0. The first-order chi connectivity index (χ1) is 7.85. The largest absolute Gasteiger partial charge is 0.179 e. The fraction of sp³-hybridized carbons (Fsp3) is 1.00. The van der Waals surface area contributed by atoms with Gasteiger partial charge >= 0.3 is 0 Å². The molecule has 0 saturated heterocycles. The van der Waals surface area contributed by atoms with E-state index in [0.29, 0.717) is 5.41 Å². The van der Waals surface area contributed by atoms with Crippen LogP contribution in [0.4, 0.5) is 0 Å². The van der Waals surface area contributed by atoms with Crippen molar-refractivity contribution in [3.05, 3.63) is 0 Å². The van der Waals surface area contributed by atoms with Crippen LogP contribution in [0.25, 0.3) is 0 Å². The minimum Gasteiger partial charge on any atom is -0.179 e. The first-order valence-electron chi connectivity index (χ1n) is 7.07. The highest BCUT2D eigenvalue weighted by Crippen LogP contribution is 2.42. The Hall–Kier alpha value is 0.700. The van der Waals surface area contributed by atoms with Crippen LogP contribution < -0.4 is 0 Å². The number of hydrogen-bond acceptors (Lipinski definition) is 2. The molecule has 0 unspecified atom stereocenters. The Morgan fingerprint density at radius 1 is 0.938 bits per heavy atom. The highest BCUT2D eigenvalue weighted by molar-refractivity contribution is 7.99. The van der Waals surface area contributed by atoms with Crippen LogP contribution in [0.5, 0.6) is 0 Å². The Morgan fingerprint density at radius 2 is 1.56 bits per heavy atom. The summed E-state index contributed by atoms with van der Waals surface area (Å²) in [6.45, 7) is 0. The minimum atomic E-state index is 0.601. The van der Waals surface area contributed by atoms with Gasteiger partial charge in [0, 0.05) is 5.25 Å². The number of thioether (sulfide) groups is 1. The first-order valence-corrected chi connectivity index (χ1v) is 8.75. The SMILES string of the molecule is SCC1(CSC2CCCCC2)CCCCC1. The third-order valence-electron chi connectivity index (χ3n) is 4.43. The molecule has 0 aromatic rings. The van der Waals surface area contributed by atoms with Crippen LogP contribution in [0, 0.1) is 5.41 Å². The summed E-state index contributed by atoms with van der Waals surface area (Å²) in [5.41, 5.74) is 0.601. The molecule has 2 aliphatic carbocycles. The van der Waals surface area contributed by atoms with Crippen LogP contribution in [0.3, 0.4) is 0 Å². The molecule has 0 atom stereocenters. The van der Waals surface area contributed by atoms with Crippen LogP contribution in [0.1, 0.15) is 64.2 Å². The van der Waals surface area contributed by atoms with Crippen LogP contribution >= 0.6 is 24.4 Å². The van der Waals surface area contributed by atoms with E-state index in [4.69, 9.17) is 0 Å². The predicted octanol–water partition coefficient (Wildman–Crippen LogP) is 4.93. The Labute approximate surface area is 111 Å². The molecule has 0 aromatic carbocycles. The maximum Gasteiger partial charge on any atom is 0.00472 e. The van der Waals surface area contributed by atoms with Crippen molar-refractivity contribution < 1.29 is 0 Å². The van der Waals surface area contributed by atoms with E-state index in [0.717, 1.165) is 11.0 Å². The molecule has 0 bridgehead atoms. The van der Waals surface area contributed by atoms with E-state index >= 15 is 0 Å². The van der Waals surface area contributed by atoms with Gasteiger partial charge in [0.05, 0.1) is 0 Å². The fourth-order valence-electron chi connectivity index (χ4n) is 3.18. The average molecular weight is 258 g/mol. The molecule has 16 heavy (non-hydrogen) atoms. The average Bonchev–Trinajstić information content (AvgIpc) is 2.39. The third kappa shape index (κ3) is 3.60. The molecule has 0 radical (unpaired) electrons. The lowest BCUT2D eigenvalue weighted by Gasteiger charge is -2.37. The topological polar surface area (TPSA) is 0 Å². The van der Waals surface area contributed by atoms with Gasteiger partial charge in [-0.2, -0.15) is 24.4 Å². The molecule has 2 saturated carbocycles. The van der Waals surface area contributed by atoms with Crippen molar-refractivity contribution in [1.82, 2.24) is 0 Å². The predicted molar refractivity (Wildman–Crippen MR) is 78.7 cm³/mol. The van der Waals surface area contributed by atoms with E-state index in [1.165, 1.54) is 70.0 Å². The van der Waals surface area contributed by atoms with Crippen molar-refractivity contribution >= 4 is 24.4 Å². The zero-order chi connectivity index (χ0) is 11.3. The summed E-state index contributed by atoms with van der Waals surface area (Å²) in [7, 11) is 0. The summed E-state index contributed by atoms with van der Waals surface area (Å²) in [5, 5.41) is 0.979. The second-order valence-electron chi connectivity index (χ2n) is 5.79. The lowest BCUT2D eigenvalue weighted by molar-refractivity contribution is 0.258. The zero-order valence-corrected chi connectivity index (χ0v) is 12.1. The second-order valence-corrected chi connectivity index (χ2v) is 7.39. The van der Waals surface area contributed by atoms with Gasteiger partial charge < -0.3 is 0 Å². The highest BCUT2D eigenvalue weighted by Gasteiger charge is 2.31. The van der Waals surface area contributed by atoms with Crippen molar-refractivity contribution in [1.29, 1.82) is 0 Å². The molecule has 0 N–H and O–H groups in total. The first kappa shape index (κ1) is 13.1. The number of thiol groups is 1. The van der Waals surface area contributed by atoms with Crippen molar-refractivity contribution in [3.63, 3.8) is 0 Å². The second kappa shape index (κ2) is 6.58. The standard InChI is InChI=1S/C14H26S2/c15-11-14(9-5-2-6-10-14)12-16-13-7-3-1-4-8-13/h13,15H,1-12H2. The quantitative estimate of drug-likeness (QED) is 0.697. The van der Waals surface area contributed by atoms with Crippen molar-refractivity contribution in [2.75, 3.05) is 11.5 Å². The maximum atomic E-state index is 4.63. The summed E-state index contributed by atoms with van der Waals surface area (Å²) in [6, 6.07) is 0. The molecule has 0 nitrogen and oxygen atoms in total. The van der Waals surface area contributed by atoms with Gasteiger partial charge in [-0.3, -0.25) is 0 Å². The van der Waals surface area contributed by atoms with Crippen LogP contribution in [0.2, 0.25) is 0 Å². The van der Waals surface area contributed by atoms with Crippen LogP contribution in [0.15, 0.2) is 0 Å². The Morgan fingerprint density at radius 3 is 2.19 bits per heavy atom. The molecule has 0 aromatic heterocycles. The van der Waals surface area contributed by atoms with E-state index in [-0.39, 0.29) is 0 Å². The molecule has 2 rings (SSSR count). The Balaban J connectivity index is 1.77. The summed E-state index contributed by atoms with van der Waals surface area (Å²) >= 11 is 6.91. The zero-order valence-electron chi connectivity index (χ0n) is 10.4. The van der Waals surface area contributed by atoms with Gasteiger partial charge in [-0.25, -0.2) is 0 Å². The highest BCUT2D eigenvalue weighted by atomic mass is 32.2. The minimum absolute atomic E-state index is 0.601. The number of hydrogen-bond donors (Lipinski definition) is 1. The smallest absolute Gasteiger partial charge is 0.00472 e. The summed E-state index contributed by atoms with van der Waals surface area (Å²) in [6.07, 6.45) is 14.6. The van der Waals surface area contributed by atoms with Crippen LogP contribution in [-0.2, 0) is 0 Å². The van der Waals surface area contributed by atoms with E-state index < -0.39 is 0 Å². The van der Waals surface area contributed by atoms with Gasteiger partial charge in [-0.1, -0.05) is 38.5 Å². The molecular formula is C14H26S2. The molecule has 0 heterocycles. The Kier molecular flexibility index (Phi) is 5.41. The van der Waals surface area contributed by atoms with E-state index in [2.05, 4.69) is 24.4 Å². The van der Waals surface area contributed by atoms with Gasteiger partial charge in [0.1, 0.15) is 0 Å². The third-order valence-corrected chi connectivity index (χ3v) is 6.82. The lowest BCUT2D eigenvalue weighted by atomic mass is 9.77. The molecule has 2 aliphatic rings. The molecule has 2 fully saturated rings. The van der Waals surface area contributed by atoms with Crippen molar-refractivity contribution in [2.24, 2.45) is 5.41 Å². The molecular weight excluding hydrogens is 232 g/mol. The summed E-state index contributed by atoms with van der Waals surface area (Å²) in [4.78, 5) is 0. The fourth-order valence-corrected chi connectivity index (χ4v) is 5.40. The van der Waals surface area contributed by atoms with Gasteiger partial charge in [0.25, 0.3) is 0 Å². The van der Waals surface area contributed by atoms with Gasteiger partial charge in [-0.15, -0.1) is 0 Å². The molecule has 0 aliphatic heterocycles. The van der Waals surface area contributed by atoms with Gasteiger partial charge in [0.15, 0.2) is 0 Å². The van der Waals surface area contributed by atoms with E-state index in [9.17, 15) is 0 Å². The Bertz CT molecular complexity index is 191. The summed E-state index contributed by atoms with van der Waals surface area (Å²) in [5.74, 6) is 2.51. The van der Waals surface area contributed by atoms with Gasteiger partial charge in [0.2, 0.25) is 0 Å². The van der Waals surface area contributed by atoms with Crippen molar-refractivity contribution in [3.8, 4) is 0 Å². The van der Waals surface area contributed by atoms with Crippen LogP contribution in [-0.4, -0.2) is 16.8 Å². The van der Waals surface area contributed by atoms with E-state index in [1.54, 1.807) is 0 Å². The normalized spacial score (nSPS) is 26.8. The molecule has 94 valence electrons. The van der Waals surface area contributed by atoms with E-state index in [1.807, 2.05) is 0 Å². The molecule has 2 heteroatoms. The lowest BCUT2D eigenvalue weighted by Crippen LogP contribution is -2.30. The maximum absolute atomic E-state index is 4.63. The van der Waals surface area contributed by atoms with Crippen molar-refractivity contribution in [2.45, 2.75) is 69.5 Å². The molecule has 0 amide bonds. The monoisotopic (exact) mass is 258 g/mol.